The molecular weight excluding hydrogens is 192 g/mol. The first kappa shape index (κ1) is 8.99. The van der Waals surface area contributed by atoms with Crippen LogP contribution < -0.4 is 0 Å². The Labute approximate surface area is 77.2 Å². The van der Waals surface area contributed by atoms with Gasteiger partial charge in [0.25, 0.3) is 0 Å². The lowest BCUT2D eigenvalue weighted by molar-refractivity contribution is -0.147. The predicted molar refractivity (Wildman–Crippen MR) is 45.7 cm³/mol. The quantitative estimate of drug-likeness (QED) is 0.543. The molecule has 2 fully saturated rings. The van der Waals surface area contributed by atoms with Crippen molar-refractivity contribution in [3.8, 4) is 0 Å². The smallest absolute Gasteiger partial charge is 0.322 e. The second kappa shape index (κ2) is 2.70. The van der Waals surface area contributed by atoms with Gasteiger partial charge in [-0.2, -0.15) is 0 Å². The largest absolute Gasteiger partial charge is 0.442 e. The molecular formula is C8H12O4S. The zero-order valence-corrected chi connectivity index (χ0v) is 8.10. The van der Waals surface area contributed by atoms with E-state index in [4.69, 9.17) is 4.74 Å². The maximum absolute atomic E-state index is 11.6. The van der Waals surface area contributed by atoms with Crippen LogP contribution in [0.15, 0.2) is 0 Å². The average molecular weight is 204 g/mol. The fourth-order valence-corrected chi connectivity index (χ4v) is 3.85. The van der Waals surface area contributed by atoms with E-state index in [1.54, 1.807) is 0 Å². The minimum Gasteiger partial charge on any atom is -0.442 e. The lowest BCUT2D eigenvalue weighted by atomic mass is 9.97. The summed E-state index contributed by atoms with van der Waals surface area (Å²) in [7, 11) is -3.33. The van der Waals surface area contributed by atoms with Crippen LogP contribution in [0.25, 0.3) is 0 Å². The molecule has 0 atom stereocenters. The van der Waals surface area contributed by atoms with Gasteiger partial charge in [-0.1, -0.05) is 6.42 Å². The van der Waals surface area contributed by atoms with Crippen molar-refractivity contribution in [2.45, 2.75) is 37.0 Å². The molecule has 1 heterocycles. The molecule has 0 N–H and O–H groups in total. The molecule has 1 saturated heterocycles. The van der Waals surface area contributed by atoms with Crippen molar-refractivity contribution in [2.75, 3.05) is 5.75 Å². The van der Waals surface area contributed by atoms with E-state index < -0.39 is 26.5 Å². The van der Waals surface area contributed by atoms with Gasteiger partial charge in [-0.25, -0.2) is 8.42 Å². The van der Waals surface area contributed by atoms with E-state index in [0.29, 0.717) is 12.8 Å². The van der Waals surface area contributed by atoms with Gasteiger partial charge in [-0.15, -0.1) is 0 Å². The van der Waals surface area contributed by atoms with Crippen molar-refractivity contribution in [3.63, 3.8) is 0 Å². The van der Waals surface area contributed by atoms with Gasteiger partial charge in [0.15, 0.2) is 5.75 Å². The molecule has 5 heteroatoms. The monoisotopic (exact) mass is 204 g/mol. The lowest BCUT2D eigenvalue weighted by Gasteiger charge is -2.29. The van der Waals surface area contributed by atoms with E-state index in [9.17, 15) is 13.2 Å². The fraction of sp³-hybridized carbons (Fsp3) is 0.875. The average Bonchev–Trinajstić information content (AvgIpc) is 2.23. The summed E-state index contributed by atoms with van der Waals surface area (Å²) >= 11 is 0. The maximum Gasteiger partial charge on any atom is 0.322 e. The van der Waals surface area contributed by atoms with Crippen LogP contribution in [-0.2, 0) is 19.4 Å². The number of ether oxygens (including phenoxy) is 1. The van der Waals surface area contributed by atoms with Crippen molar-refractivity contribution in [2.24, 2.45) is 0 Å². The van der Waals surface area contributed by atoms with Gasteiger partial charge in [-0.05, 0) is 12.8 Å². The normalized spacial score (nSPS) is 30.3. The lowest BCUT2D eigenvalue weighted by Crippen LogP contribution is -2.38. The molecule has 4 nitrogen and oxygen atoms in total. The molecule has 2 aliphatic rings. The number of rotatable bonds is 0. The van der Waals surface area contributed by atoms with Crippen LogP contribution in [0.1, 0.15) is 32.1 Å². The van der Waals surface area contributed by atoms with Crippen LogP contribution in [-0.4, -0.2) is 25.1 Å². The van der Waals surface area contributed by atoms with Crippen molar-refractivity contribution in [1.82, 2.24) is 0 Å². The Morgan fingerprint density at radius 2 is 1.77 bits per heavy atom. The molecule has 0 aromatic rings. The number of sulfone groups is 1. The van der Waals surface area contributed by atoms with E-state index in [0.717, 1.165) is 19.3 Å². The van der Waals surface area contributed by atoms with Gasteiger partial charge < -0.3 is 4.74 Å². The fourth-order valence-electron chi connectivity index (χ4n) is 2.09. The van der Waals surface area contributed by atoms with E-state index in [1.807, 2.05) is 0 Å². The van der Waals surface area contributed by atoms with Crippen LogP contribution in [0.3, 0.4) is 0 Å². The number of carbonyl (C=O) groups excluding carboxylic acids is 1. The Bertz CT molecular complexity index is 324. The first-order valence-electron chi connectivity index (χ1n) is 4.50. The SMILES string of the molecule is O=C1CS(=O)(=O)C2(CCCCC2)O1. The summed E-state index contributed by atoms with van der Waals surface area (Å²) in [4.78, 5) is 9.79. The summed E-state index contributed by atoms with van der Waals surface area (Å²) in [6.07, 6.45) is 3.69. The van der Waals surface area contributed by atoms with E-state index in [2.05, 4.69) is 0 Å². The summed E-state index contributed by atoms with van der Waals surface area (Å²) < 4.78 is 28.2. The molecule has 0 amide bonds. The molecule has 0 aromatic heterocycles. The highest BCUT2D eigenvalue weighted by Crippen LogP contribution is 2.40. The second-order valence-corrected chi connectivity index (χ2v) is 5.97. The maximum atomic E-state index is 11.6. The minimum atomic E-state index is -3.33. The van der Waals surface area contributed by atoms with Crippen molar-refractivity contribution >= 4 is 15.8 Å². The van der Waals surface area contributed by atoms with E-state index >= 15 is 0 Å². The second-order valence-electron chi connectivity index (χ2n) is 3.70. The number of hydrogen-bond acceptors (Lipinski definition) is 4. The molecule has 1 saturated carbocycles. The summed E-state index contributed by atoms with van der Waals surface area (Å²) in [5.74, 6) is -1.01. The minimum absolute atomic E-state index is 0.424. The molecule has 0 bridgehead atoms. The molecule has 1 spiro atoms. The van der Waals surface area contributed by atoms with Gasteiger partial charge in [-0.3, -0.25) is 4.79 Å². The molecule has 2 rings (SSSR count). The van der Waals surface area contributed by atoms with Crippen LogP contribution in [0, 0.1) is 0 Å². The molecule has 74 valence electrons. The summed E-state index contributed by atoms with van der Waals surface area (Å²) in [6.45, 7) is 0. The number of hydrogen-bond donors (Lipinski definition) is 0. The Hall–Kier alpha value is -0.580. The third-order valence-corrected chi connectivity index (χ3v) is 5.03. The predicted octanol–water partition coefficient (Wildman–Crippen LogP) is 0.618. The van der Waals surface area contributed by atoms with Crippen molar-refractivity contribution in [1.29, 1.82) is 0 Å². The molecule has 1 aliphatic carbocycles. The number of esters is 1. The highest BCUT2D eigenvalue weighted by molar-refractivity contribution is 7.93. The van der Waals surface area contributed by atoms with Gasteiger partial charge in [0, 0.05) is 12.8 Å². The standard InChI is InChI=1S/C8H12O4S/c9-7-6-13(10,11)8(12-7)4-2-1-3-5-8/h1-6H2. The third kappa shape index (κ3) is 1.25. The Morgan fingerprint density at radius 3 is 2.23 bits per heavy atom. The highest BCUT2D eigenvalue weighted by atomic mass is 32.2. The third-order valence-electron chi connectivity index (χ3n) is 2.79. The Kier molecular flexibility index (Phi) is 1.87. The van der Waals surface area contributed by atoms with Crippen molar-refractivity contribution < 1.29 is 17.9 Å². The Morgan fingerprint density at radius 1 is 1.15 bits per heavy atom. The molecule has 0 radical (unpaired) electrons. The molecule has 0 aromatic carbocycles. The van der Waals surface area contributed by atoms with Crippen LogP contribution in [0.4, 0.5) is 0 Å². The number of carbonyl (C=O) groups is 1. The zero-order chi connectivity index (χ0) is 9.53. The summed E-state index contributed by atoms with van der Waals surface area (Å²) in [6, 6.07) is 0. The van der Waals surface area contributed by atoms with Crippen molar-refractivity contribution in [3.05, 3.63) is 0 Å². The highest BCUT2D eigenvalue weighted by Gasteiger charge is 2.54. The van der Waals surface area contributed by atoms with Gasteiger partial charge in [0.05, 0.1) is 0 Å². The van der Waals surface area contributed by atoms with Crippen LogP contribution >= 0.6 is 0 Å². The zero-order valence-electron chi connectivity index (χ0n) is 7.28. The van der Waals surface area contributed by atoms with Gasteiger partial charge in [0.1, 0.15) is 0 Å². The molecule has 0 unspecified atom stereocenters. The first-order chi connectivity index (χ1) is 6.06. The van der Waals surface area contributed by atoms with E-state index in [1.165, 1.54) is 0 Å². The summed E-state index contributed by atoms with van der Waals surface area (Å²) in [5, 5.41) is 0. The Balaban J connectivity index is 2.35. The molecule has 13 heavy (non-hydrogen) atoms. The van der Waals surface area contributed by atoms with Gasteiger partial charge in [0.2, 0.25) is 14.8 Å². The van der Waals surface area contributed by atoms with Crippen LogP contribution in [0.2, 0.25) is 0 Å². The van der Waals surface area contributed by atoms with Crippen LogP contribution in [0.5, 0.6) is 0 Å². The first-order valence-corrected chi connectivity index (χ1v) is 6.15. The van der Waals surface area contributed by atoms with E-state index in [-0.39, 0.29) is 0 Å². The molecule has 1 aliphatic heterocycles. The topological polar surface area (TPSA) is 60.4 Å². The van der Waals surface area contributed by atoms with Gasteiger partial charge >= 0.3 is 5.97 Å². The summed E-state index contributed by atoms with van der Waals surface area (Å²) in [5.41, 5.74) is 0.